The number of hydrogen-bond acceptors (Lipinski definition) is 4. The zero-order chi connectivity index (χ0) is 23.8. The summed E-state index contributed by atoms with van der Waals surface area (Å²) in [6, 6.07) is 19.0. The lowest BCUT2D eigenvalue weighted by Gasteiger charge is -2.05. The zero-order valence-corrected chi connectivity index (χ0v) is 20.3. The number of ether oxygens (including phenoxy) is 1. The maximum atomic E-state index is 12.4. The minimum absolute atomic E-state index is 0.0509. The van der Waals surface area contributed by atoms with E-state index in [0.717, 1.165) is 16.7 Å². The van der Waals surface area contributed by atoms with Gasteiger partial charge in [0.25, 0.3) is 0 Å². The average molecular weight is 501 g/mol. The summed E-state index contributed by atoms with van der Waals surface area (Å²) in [5.74, 6) is 6.65. The third-order valence-corrected chi connectivity index (χ3v) is 7.34. The topological polar surface area (TPSA) is 60.4 Å². The molecule has 3 rings (SSSR count). The summed E-state index contributed by atoms with van der Waals surface area (Å²) < 4.78 is 29.3. The molecule has 0 aliphatic rings. The summed E-state index contributed by atoms with van der Waals surface area (Å²) in [4.78, 5) is 12.7. The molecule has 0 amide bonds. The summed E-state index contributed by atoms with van der Waals surface area (Å²) in [5.41, 5.74) is 2.50. The highest BCUT2D eigenvalue weighted by molar-refractivity contribution is 7.91. The second-order valence-electron chi connectivity index (χ2n) is 7.30. The van der Waals surface area contributed by atoms with E-state index in [0.29, 0.717) is 22.2 Å². The Hall–Kier alpha value is -2.78. The Morgan fingerprint density at radius 2 is 1.48 bits per heavy atom. The number of rotatable bonds is 8. The summed E-state index contributed by atoms with van der Waals surface area (Å²) >= 11 is 11.8. The van der Waals surface area contributed by atoms with E-state index >= 15 is 0 Å². The highest BCUT2D eigenvalue weighted by Crippen LogP contribution is 2.26. The maximum Gasteiger partial charge on any atom is 0.178 e. The molecule has 4 nitrogen and oxygen atoms in total. The van der Waals surface area contributed by atoms with Gasteiger partial charge < -0.3 is 4.74 Å². The van der Waals surface area contributed by atoms with Gasteiger partial charge in [0.2, 0.25) is 0 Å². The van der Waals surface area contributed by atoms with Crippen LogP contribution in [-0.2, 0) is 27.5 Å². The molecule has 3 aromatic rings. The van der Waals surface area contributed by atoms with Gasteiger partial charge in [-0.2, -0.15) is 0 Å². The number of ketones is 1. The largest absolute Gasteiger partial charge is 0.481 e. The molecule has 0 unspecified atom stereocenters. The van der Waals surface area contributed by atoms with Crippen LogP contribution in [0.2, 0.25) is 10.0 Å². The van der Waals surface area contributed by atoms with Crippen LogP contribution in [-0.4, -0.2) is 26.6 Å². The van der Waals surface area contributed by atoms with E-state index in [4.69, 9.17) is 27.9 Å². The average Bonchev–Trinajstić information content (AvgIpc) is 2.80. The molecule has 0 radical (unpaired) electrons. The van der Waals surface area contributed by atoms with Gasteiger partial charge in [0.05, 0.1) is 20.7 Å². The van der Waals surface area contributed by atoms with Crippen molar-refractivity contribution in [3.8, 4) is 17.6 Å². The predicted octanol–water partition coefficient (Wildman–Crippen LogP) is 5.57. The monoisotopic (exact) mass is 500 g/mol. The Kier molecular flexibility index (Phi) is 8.57. The van der Waals surface area contributed by atoms with Crippen molar-refractivity contribution in [2.75, 3.05) is 12.4 Å². The summed E-state index contributed by atoms with van der Waals surface area (Å²) in [6.45, 7) is 1.81. The van der Waals surface area contributed by atoms with E-state index in [9.17, 15) is 13.2 Å². The molecule has 0 aromatic heterocycles. The summed E-state index contributed by atoms with van der Waals surface area (Å²) in [7, 11) is -3.24. The van der Waals surface area contributed by atoms with Gasteiger partial charge in [-0.1, -0.05) is 66.2 Å². The maximum absolute atomic E-state index is 12.4. The predicted molar refractivity (Wildman–Crippen MR) is 132 cm³/mol. The van der Waals surface area contributed by atoms with E-state index in [1.54, 1.807) is 49.4 Å². The van der Waals surface area contributed by atoms with Gasteiger partial charge in [0.1, 0.15) is 18.1 Å². The molecule has 0 fully saturated rings. The van der Waals surface area contributed by atoms with Crippen LogP contribution in [0.25, 0.3) is 0 Å². The molecule has 7 heteroatoms. The van der Waals surface area contributed by atoms with Gasteiger partial charge in [0.15, 0.2) is 9.84 Å². The van der Waals surface area contributed by atoms with Gasteiger partial charge >= 0.3 is 0 Å². The van der Waals surface area contributed by atoms with Gasteiger partial charge in [-0.05, 0) is 47.5 Å². The third kappa shape index (κ3) is 7.36. The fourth-order valence-electron chi connectivity index (χ4n) is 3.03. The highest BCUT2D eigenvalue weighted by Gasteiger charge is 2.12. The molecule has 0 aliphatic heterocycles. The molecule has 33 heavy (non-hydrogen) atoms. The number of benzene rings is 3. The Labute approximate surface area is 204 Å². The Bertz CT molecular complexity index is 1290. The van der Waals surface area contributed by atoms with E-state index in [-0.39, 0.29) is 29.5 Å². The molecule has 170 valence electrons. The first kappa shape index (κ1) is 24.9. The van der Waals surface area contributed by atoms with Crippen molar-refractivity contribution in [3.05, 3.63) is 93.5 Å². The van der Waals surface area contributed by atoms with Crippen LogP contribution in [0.3, 0.4) is 0 Å². The standard InChI is InChI=1S/C26H22Cl2O4S/c1-2-33(30,31)24-12-9-21(10-13-24)17-22(29)16-20-7-5-19(6-8-20)4-3-15-32-23-11-14-25(27)26(28)18-23/h5-14,18H,2,15-17H2,1H3. The lowest BCUT2D eigenvalue weighted by molar-refractivity contribution is -0.117. The Morgan fingerprint density at radius 1 is 0.879 bits per heavy atom. The smallest absolute Gasteiger partial charge is 0.178 e. The highest BCUT2D eigenvalue weighted by atomic mass is 35.5. The lowest BCUT2D eigenvalue weighted by Crippen LogP contribution is -2.07. The molecule has 0 saturated heterocycles. The number of Topliss-reactive ketones (excluding diaryl/α,β-unsaturated/α-hetero) is 1. The molecule has 0 saturated carbocycles. The normalized spacial score (nSPS) is 10.9. The second kappa shape index (κ2) is 11.4. The van der Waals surface area contributed by atoms with Crippen LogP contribution in [0.4, 0.5) is 0 Å². The number of sulfone groups is 1. The first-order valence-corrected chi connectivity index (χ1v) is 12.7. The second-order valence-corrected chi connectivity index (χ2v) is 10.4. The fourth-order valence-corrected chi connectivity index (χ4v) is 4.20. The molecule has 0 heterocycles. The van der Waals surface area contributed by atoms with Crippen LogP contribution in [0.5, 0.6) is 5.75 Å². The van der Waals surface area contributed by atoms with Crippen molar-refractivity contribution in [3.63, 3.8) is 0 Å². The van der Waals surface area contributed by atoms with Crippen molar-refractivity contribution in [2.24, 2.45) is 0 Å². The zero-order valence-electron chi connectivity index (χ0n) is 18.0. The van der Waals surface area contributed by atoms with Crippen LogP contribution in [0.15, 0.2) is 71.6 Å². The Morgan fingerprint density at radius 3 is 2.06 bits per heavy atom. The molecule has 0 aliphatic carbocycles. The minimum Gasteiger partial charge on any atom is -0.481 e. The van der Waals surface area contributed by atoms with Crippen LogP contribution in [0.1, 0.15) is 23.6 Å². The molecular weight excluding hydrogens is 479 g/mol. The van der Waals surface area contributed by atoms with Gasteiger partial charge in [-0.15, -0.1) is 0 Å². The number of hydrogen-bond donors (Lipinski definition) is 0. The van der Waals surface area contributed by atoms with E-state index in [1.165, 1.54) is 0 Å². The first-order chi connectivity index (χ1) is 15.8. The molecular formula is C26H22Cl2O4S. The van der Waals surface area contributed by atoms with Crippen molar-refractivity contribution in [2.45, 2.75) is 24.7 Å². The van der Waals surface area contributed by atoms with Crippen molar-refractivity contribution < 1.29 is 17.9 Å². The van der Waals surface area contributed by atoms with Gasteiger partial charge in [0, 0.05) is 24.5 Å². The SMILES string of the molecule is CCS(=O)(=O)c1ccc(CC(=O)Cc2ccc(C#CCOc3ccc(Cl)c(Cl)c3)cc2)cc1. The number of carbonyl (C=O) groups excluding carboxylic acids is 1. The number of halogens is 2. The first-order valence-electron chi connectivity index (χ1n) is 10.3. The van der Waals surface area contributed by atoms with Crippen molar-refractivity contribution >= 4 is 38.8 Å². The van der Waals surface area contributed by atoms with Crippen LogP contribution < -0.4 is 4.74 Å². The third-order valence-electron chi connectivity index (χ3n) is 4.85. The Balaban J connectivity index is 1.50. The van der Waals surface area contributed by atoms with Gasteiger partial charge in [-0.3, -0.25) is 4.79 Å². The van der Waals surface area contributed by atoms with E-state index in [1.807, 2.05) is 24.3 Å². The molecule has 0 spiro atoms. The summed E-state index contributed by atoms with van der Waals surface area (Å²) in [5, 5.41) is 0.891. The van der Waals surface area contributed by atoms with E-state index in [2.05, 4.69) is 11.8 Å². The number of carbonyl (C=O) groups is 1. The van der Waals surface area contributed by atoms with Crippen molar-refractivity contribution in [1.29, 1.82) is 0 Å². The quantitative estimate of drug-likeness (QED) is 0.379. The van der Waals surface area contributed by atoms with Crippen LogP contribution in [0, 0.1) is 11.8 Å². The molecule has 0 bridgehead atoms. The fraction of sp³-hybridized carbons (Fsp3) is 0.192. The minimum atomic E-state index is -3.24. The van der Waals surface area contributed by atoms with Crippen molar-refractivity contribution in [1.82, 2.24) is 0 Å². The van der Waals surface area contributed by atoms with E-state index < -0.39 is 9.84 Å². The summed E-state index contributed by atoms with van der Waals surface area (Å²) in [6.07, 6.45) is 0.545. The lowest BCUT2D eigenvalue weighted by atomic mass is 10.0. The molecule has 3 aromatic carbocycles. The molecule has 0 atom stereocenters. The molecule has 0 N–H and O–H groups in total. The van der Waals surface area contributed by atoms with Gasteiger partial charge in [-0.25, -0.2) is 8.42 Å². The van der Waals surface area contributed by atoms with Crippen LogP contribution >= 0.6 is 23.2 Å².